The third-order valence-corrected chi connectivity index (χ3v) is 5.23. The highest BCUT2D eigenvalue weighted by Crippen LogP contribution is 2.32. The molecule has 0 aromatic rings. The maximum Gasteiger partial charge on any atom is 0.0305 e. The minimum Gasteiger partial charge on any atom is -0.329 e. The molecule has 1 heterocycles. The lowest BCUT2D eigenvalue weighted by molar-refractivity contribution is 0.0647. The van der Waals surface area contributed by atoms with Crippen LogP contribution in [-0.4, -0.2) is 42.7 Å². The first-order chi connectivity index (χ1) is 8.69. The number of hydrogen-bond donors (Lipinski definition) is 2. The number of hydrogen-bond acceptors (Lipinski definition) is 3. The van der Waals surface area contributed by atoms with Gasteiger partial charge in [-0.3, -0.25) is 0 Å². The van der Waals surface area contributed by atoms with E-state index in [1.807, 2.05) is 0 Å². The zero-order valence-corrected chi connectivity index (χ0v) is 12.3. The van der Waals surface area contributed by atoms with Crippen molar-refractivity contribution in [2.75, 3.05) is 26.2 Å². The topological polar surface area (TPSA) is 41.3 Å². The van der Waals surface area contributed by atoms with E-state index in [0.29, 0.717) is 0 Å². The van der Waals surface area contributed by atoms with Gasteiger partial charge in [-0.05, 0) is 57.7 Å². The van der Waals surface area contributed by atoms with E-state index in [1.165, 1.54) is 51.6 Å². The van der Waals surface area contributed by atoms with Crippen LogP contribution < -0.4 is 11.1 Å². The normalized spacial score (nSPS) is 35.2. The number of likely N-dealkylation sites (tertiary alicyclic amines) is 1. The molecule has 0 aromatic heterocycles. The standard InChI is InChI=1S/C15H31N3/c1-3-13(2)11-17-15(12-16)7-5-14(6-8-15)18-9-4-10-18/h13-14,17H,3-12,16H2,1-2H3. The molecule has 1 aliphatic heterocycles. The fourth-order valence-electron chi connectivity index (χ4n) is 3.21. The molecule has 2 aliphatic rings. The van der Waals surface area contributed by atoms with Crippen LogP contribution in [0.4, 0.5) is 0 Å². The smallest absolute Gasteiger partial charge is 0.0305 e. The zero-order valence-electron chi connectivity index (χ0n) is 12.3. The Labute approximate surface area is 112 Å². The van der Waals surface area contributed by atoms with Crippen LogP contribution in [0, 0.1) is 5.92 Å². The molecule has 3 heteroatoms. The maximum absolute atomic E-state index is 6.06. The molecule has 0 bridgehead atoms. The fourth-order valence-corrected chi connectivity index (χ4v) is 3.21. The van der Waals surface area contributed by atoms with Gasteiger partial charge in [0.05, 0.1) is 0 Å². The van der Waals surface area contributed by atoms with Crippen molar-refractivity contribution in [3.05, 3.63) is 0 Å². The fraction of sp³-hybridized carbons (Fsp3) is 1.00. The first-order valence-corrected chi connectivity index (χ1v) is 7.88. The van der Waals surface area contributed by atoms with Gasteiger partial charge in [0.1, 0.15) is 0 Å². The van der Waals surface area contributed by atoms with Crippen molar-refractivity contribution in [3.8, 4) is 0 Å². The molecule has 0 spiro atoms. The van der Waals surface area contributed by atoms with E-state index in [4.69, 9.17) is 5.73 Å². The van der Waals surface area contributed by atoms with Crippen molar-refractivity contribution in [1.82, 2.24) is 10.2 Å². The van der Waals surface area contributed by atoms with Gasteiger partial charge in [-0.2, -0.15) is 0 Å². The number of nitrogens with zero attached hydrogens (tertiary/aromatic N) is 1. The van der Waals surface area contributed by atoms with Gasteiger partial charge >= 0.3 is 0 Å². The summed E-state index contributed by atoms with van der Waals surface area (Å²) in [7, 11) is 0. The van der Waals surface area contributed by atoms with Crippen LogP contribution in [0.5, 0.6) is 0 Å². The molecule has 1 aliphatic carbocycles. The molecule has 3 N–H and O–H groups in total. The Kier molecular flexibility index (Phi) is 5.05. The summed E-state index contributed by atoms with van der Waals surface area (Å²) in [6, 6.07) is 0.851. The molecule has 1 unspecified atom stereocenters. The molecule has 2 rings (SSSR count). The van der Waals surface area contributed by atoms with Gasteiger partial charge in [0.15, 0.2) is 0 Å². The summed E-state index contributed by atoms with van der Waals surface area (Å²) in [5.41, 5.74) is 6.30. The van der Waals surface area contributed by atoms with Gasteiger partial charge in [-0.25, -0.2) is 0 Å². The maximum atomic E-state index is 6.06. The van der Waals surface area contributed by atoms with Crippen molar-refractivity contribution >= 4 is 0 Å². The lowest BCUT2D eigenvalue weighted by atomic mass is 9.78. The Hall–Kier alpha value is -0.120. The average Bonchev–Trinajstić information content (AvgIpc) is 2.36. The molecule has 18 heavy (non-hydrogen) atoms. The third-order valence-electron chi connectivity index (χ3n) is 5.23. The zero-order chi connectivity index (χ0) is 13.0. The molecule has 0 radical (unpaired) electrons. The van der Waals surface area contributed by atoms with Gasteiger partial charge in [0.25, 0.3) is 0 Å². The van der Waals surface area contributed by atoms with Gasteiger partial charge in [0.2, 0.25) is 0 Å². The summed E-state index contributed by atoms with van der Waals surface area (Å²) < 4.78 is 0. The van der Waals surface area contributed by atoms with Gasteiger partial charge in [-0.1, -0.05) is 20.3 Å². The lowest BCUT2D eigenvalue weighted by Gasteiger charge is -2.46. The lowest BCUT2D eigenvalue weighted by Crippen LogP contribution is -2.57. The minimum absolute atomic E-state index is 0.241. The Bertz CT molecular complexity index is 242. The van der Waals surface area contributed by atoms with Gasteiger partial charge in [-0.15, -0.1) is 0 Å². The number of rotatable bonds is 6. The van der Waals surface area contributed by atoms with Crippen LogP contribution in [0.1, 0.15) is 52.4 Å². The minimum atomic E-state index is 0.241. The van der Waals surface area contributed by atoms with Crippen molar-refractivity contribution in [2.45, 2.75) is 64.0 Å². The van der Waals surface area contributed by atoms with E-state index in [1.54, 1.807) is 0 Å². The summed E-state index contributed by atoms with van der Waals surface area (Å²) in [5.74, 6) is 0.765. The monoisotopic (exact) mass is 253 g/mol. The Morgan fingerprint density at radius 3 is 2.44 bits per heavy atom. The van der Waals surface area contributed by atoms with Crippen LogP contribution in [0.15, 0.2) is 0 Å². The quantitative estimate of drug-likeness (QED) is 0.760. The number of nitrogens with two attached hydrogens (primary N) is 1. The average molecular weight is 253 g/mol. The Morgan fingerprint density at radius 2 is 2.00 bits per heavy atom. The molecule has 1 atom stereocenters. The molecule has 1 saturated heterocycles. The van der Waals surface area contributed by atoms with E-state index in [-0.39, 0.29) is 5.54 Å². The molecule has 2 fully saturated rings. The second-order valence-corrected chi connectivity index (χ2v) is 6.50. The van der Waals surface area contributed by atoms with Crippen LogP contribution in [-0.2, 0) is 0 Å². The van der Waals surface area contributed by atoms with E-state index in [0.717, 1.165) is 25.0 Å². The molecular formula is C15H31N3. The van der Waals surface area contributed by atoms with E-state index >= 15 is 0 Å². The van der Waals surface area contributed by atoms with Crippen molar-refractivity contribution < 1.29 is 0 Å². The van der Waals surface area contributed by atoms with Gasteiger partial charge in [0, 0.05) is 18.1 Å². The molecule has 0 amide bonds. The Balaban J connectivity index is 1.79. The molecular weight excluding hydrogens is 222 g/mol. The van der Waals surface area contributed by atoms with E-state index in [2.05, 4.69) is 24.1 Å². The molecule has 1 saturated carbocycles. The SMILES string of the molecule is CCC(C)CNC1(CN)CCC(N2CCC2)CC1. The summed E-state index contributed by atoms with van der Waals surface area (Å²) in [4.78, 5) is 2.66. The largest absolute Gasteiger partial charge is 0.329 e. The summed E-state index contributed by atoms with van der Waals surface area (Å²) in [5, 5.41) is 3.79. The summed E-state index contributed by atoms with van der Waals surface area (Å²) in [6.45, 7) is 9.19. The van der Waals surface area contributed by atoms with Crippen LogP contribution >= 0.6 is 0 Å². The molecule has 0 aromatic carbocycles. The van der Waals surface area contributed by atoms with Crippen LogP contribution in [0.3, 0.4) is 0 Å². The van der Waals surface area contributed by atoms with Gasteiger partial charge < -0.3 is 16.0 Å². The first-order valence-electron chi connectivity index (χ1n) is 7.88. The first kappa shape index (κ1) is 14.3. The highest BCUT2D eigenvalue weighted by Gasteiger charge is 2.36. The van der Waals surface area contributed by atoms with Crippen LogP contribution in [0.25, 0.3) is 0 Å². The highest BCUT2D eigenvalue weighted by molar-refractivity contribution is 4.97. The predicted molar refractivity (Wildman–Crippen MR) is 77.7 cm³/mol. The van der Waals surface area contributed by atoms with Crippen molar-refractivity contribution in [2.24, 2.45) is 11.7 Å². The van der Waals surface area contributed by atoms with E-state index in [9.17, 15) is 0 Å². The predicted octanol–water partition coefficient (Wildman–Crippen LogP) is 1.97. The molecule has 3 nitrogen and oxygen atoms in total. The second-order valence-electron chi connectivity index (χ2n) is 6.50. The number of nitrogens with one attached hydrogen (secondary N) is 1. The third kappa shape index (κ3) is 3.25. The van der Waals surface area contributed by atoms with Crippen LogP contribution in [0.2, 0.25) is 0 Å². The van der Waals surface area contributed by atoms with Crippen molar-refractivity contribution in [1.29, 1.82) is 0 Å². The summed E-state index contributed by atoms with van der Waals surface area (Å²) >= 11 is 0. The van der Waals surface area contributed by atoms with Crippen molar-refractivity contribution in [3.63, 3.8) is 0 Å². The highest BCUT2D eigenvalue weighted by atomic mass is 15.2. The second kappa shape index (κ2) is 6.36. The summed E-state index contributed by atoms with van der Waals surface area (Å²) in [6.07, 6.45) is 7.87. The Morgan fingerprint density at radius 1 is 1.33 bits per heavy atom. The molecule has 106 valence electrons. The van der Waals surface area contributed by atoms with E-state index < -0.39 is 0 Å².